The molecule has 0 saturated heterocycles. The fourth-order valence-corrected chi connectivity index (χ4v) is 6.74. The molecule has 0 bridgehead atoms. The first kappa shape index (κ1) is 26.4. The fourth-order valence-electron chi connectivity index (χ4n) is 5.85. The maximum atomic E-state index is 12.1. The van der Waals surface area contributed by atoms with Crippen LogP contribution in [0.4, 0.5) is 11.4 Å². The van der Waals surface area contributed by atoms with Crippen molar-refractivity contribution >= 4 is 38.8 Å². The number of ether oxygens (including phenoxy) is 1. The van der Waals surface area contributed by atoms with E-state index in [0.29, 0.717) is 18.8 Å². The van der Waals surface area contributed by atoms with Gasteiger partial charge in [-0.25, -0.2) is 0 Å². The van der Waals surface area contributed by atoms with Gasteiger partial charge in [0, 0.05) is 43.4 Å². The Morgan fingerprint density at radius 1 is 1.27 bits per heavy atom. The van der Waals surface area contributed by atoms with Gasteiger partial charge in [0.2, 0.25) is 0 Å². The van der Waals surface area contributed by atoms with Crippen molar-refractivity contribution in [3.8, 4) is 11.5 Å². The molecule has 2 aromatic carbocycles. The Kier molecular flexibility index (Phi) is 6.99. The highest BCUT2D eigenvalue weighted by Crippen LogP contribution is 2.41. The summed E-state index contributed by atoms with van der Waals surface area (Å²) >= 11 is 1.70. The van der Waals surface area contributed by atoms with Crippen LogP contribution in [-0.4, -0.2) is 45.8 Å². The lowest BCUT2D eigenvalue weighted by atomic mass is 9.84. The zero-order valence-electron chi connectivity index (χ0n) is 22.8. The van der Waals surface area contributed by atoms with E-state index in [9.17, 15) is 15.0 Å². The molecule has 4 N–H and O–H groups in total. The van der Waals surface area contributed by atoms with Crippen molar-refractivity contribution in [2.24, 2.45) is 0 Å². The summed E-state index contributed by atoms with van der Waals surface area (Å²) in [6, 6.07) is 12.2. The molecule has 208 valence electrons. The van der Waals surface area contributed by atoms with E-state index < -0.39 is 5.97 Å². The number of carbonyl (C=O) groups is 1. The van der Waals surface area contributed by atoms with E-state index in [-0.39, 0.29) is 24.2 Å². The first-order chi connectivity index (χ1) is 19.3. The van der Waals surface area contributed by atoms with Crippen LogP contribution in [0.1, 0.15) is 53.6 Å². The monoisotopic (exact) mass is 559 g/mol. The van der Waals surface area contributed by atoms with E-state index in [1.807, 2.05) is 25.0 Å². The normalized spacial score (nSPS) is 17.6. The van der Waals surface area contributed by atoms with E-state index in [4.69, 9.17) is 4.74 Å². The molecule has 40 heavy (non-hydrogen) atoms. The minimum atomic E-state index is -0.832. The Bertz CT molecular complexity index is 1590. The zero-order valence-corrected chi connectivity index (χ0v) is 23.6. The quantitative estimate of drug-likeness (QED) is 0.237. The van der Waals surface area contributed by atoms with Crippen molar-refractivity contribution in [1.82, 2.24) is 15.4 Å². The molecule has 6 rings (SSSR count). The molecule has 2 aromatic heterocycles. The molecule has 0 fully saturated rings. The average molecular weight is 560 g/mol. The highest BCUT2D eigenvalue weighted by atomic mass is 32.1. The van der Waals surface area contributed by atoms with Gasteiger partial charge in [0.05, 0.1) is 29.7 Å². The first-order valence-electron chi connectivity index (χ1n) is 13.5. The number of aromatic nitrogens is 1. The molecule has 0 saturated carbocycles. The van der Waals surface area contributed by atoms with Crippen LogP contribution < -0.4 is 20.7 Å². The van der Waals surface area contributed by atoms with Gasteiger partial charge in [0.1, 0.15) is 17.6 Å². The van der Waals surface area contributed by atoms with E-state index in [0.717, 1.165) is 57.7 Å². The van der Waals surface area contributed by atoms with Gasteiger partial charge in [-0.15, -0.1) is 16.9 Å². The molecule has 2 aliphatic heterocycles. The number of hydrazine groups is 2. The molecular weight excluding hydrogens is 526 g/mol. The number of hydrogen-bond donors (Lipinski definition) is 4. The van der Waals surface area contributed by atoms with E-state index in [1.165, 1.54) is 10.9 Å². The highest BCUT2D eigenvalue weighted by Gasteiger charge is 2.28. The van der Waals surface area contributed by atoms with E-state index >= 15 is 0 Å². The SMILES string of the molecule is CC[C@@H]1CN(Cc2cc(C(CC(=O)O)c3ccc4c(c3C)NNN4C)cc3ccsc23)Cc2ncc(O)cc2O1. The number of pyridine rings is 1. The Morgan fingerprint density at radius 3 is 2.92 bits per heavy atom. The molecule has 4 aromatic rings. The summed E-state index contributed by atoms with van der Waals surface area (Å²) in [6.45, 7) is 6.13. The third-order valence-corrected chi connectivity index (χ3v) is 8.90. The predicted molar refractivity (Wildman–Crippen MR) is 157 cm³/mol. The van der Waals surface area contributed by atoms with Crippen LogP contribution >= 0.6 is 11.3 Å². The molecule has 10 heteroatoms. The number of rotatable bonds is 7. The van der Waals surface area contributed by atoms with Crippen LogP contribution in [0.2, 0.25) is 0 Å². The smallest absolute Gasteiger partial charge is 0.304 e. The number of benzene rings is 2. The van der Waals surface area contributed by atoms with Crippen molar-refractivity contribution in [2.75, 3.05) is 24.0 Å². The molecule has 0 amide bonds. The zero-order chi connectivity index (χ0) is 28.0. The summed E-state index contributed by atoms with van der Waals surface area (Å²) in [4.78, 5) is 18.9. The molecule has 2 aliphatic rings. The lowest BCUT2D eigenvalue weighted by Gasteiger charge is -2.25. The third-order valence-electron chi connectivity index (χ3n) is 7.90. The topological polar surface area (TPSA) is 110 Å². The molecule has 9 nitrogen and oxygen atoms in total. The van der Waals surface area contributed by atoms with Crippen LogP contribution in [0.3, 0.4) is 0 Å². The standard InChI is InChI=1S/C30H33N5O4S/c1-4-22-15-35(16-25-27(39-22)11-21(36)13-31-25)14-20-10-19(9-18-7-8-40-30(18)20)24(12-28(37)38)23-5-6-26-29(17(23)2)32-33-34(26)3/h5-11,13,22,24,32-33,36H,4,12,14-16H2,1-3H3,(H,37,38)/t22-,24?/m1/s1. The average Bonchev–Trinajstić information content (AvgIpc) is 3.51. The predicted octanol–water partition coefficient (Wildman–Crippen LogP) is 5.37. The van der Waals surface area contributed by atoms with Gasteiger partial charge in [0.25, 0.3) is 0 Å². The minimum Gasteiger partial charge on any atom is -0.506 e. The summed E-state index contributed by atoms with van der Waals surface area (Å²) in [7, 11) is 1.94. The summed E-state index contributed by atoms with van der Waals surface area (Å²) in [6.07, 6.45) is 2.26. The van der Waals surface area contributed by atoms with Crippen molar-refractivity contribution in [3.63, 3.8) is 0 Å². The number of carboxylic acids is 1. The number of aromatic hydroxyl groups is 1. The Morgan fingerprint density at radius 2 is 2.12 bits per heavy atom. The molecule has 1 unspecified atom stereocenters. The Labute approximate surface area is 237 Å². The lowest BCUT2D eigenvalue weighted by Crippen LogP contribution is -2.32. The summed E-state index contributed by atoms with van der Waals surface area (Å²) in [5.41, 5.74) is 13.3. The molecule has 0 radical (unpaired) electrons. The fraction of sp³-hybridized carbons (Fsp3) is 0.333. The number of thiophene rings is 1. The molecule has 4 heterocycles. The number of nitrogens with zero attached hydrogens (tertiary/aromatic N) is 3. The van der Waals surface area contributed by atoms with E-state index in [1.54, 1.807) is 17.4 Å². The number of anilines is 2. The van der Waals surface area contributed by atoms with Gasteiger partial charge in [-0.1, -0.05) is 19.1 Å². The maximum Gasteiger partial charge on any atom is 0.304 e. The van der Waals surface area contributed by atoms with Gasteiger partial charge in [-0.05, 0) is 64.6 Å². The number of fused-ring (bicyclic) bond motifs is 3. The second kappa shape index (κ2) is 10.6. The number of aliphatic carboxylic acids is 1. The van der Waals surface area contributed by atoms with Gasteiger partial charge in [-0.2, -0.15) is 0 Å². The van der Waals surface area contributed by atoms with Gasteiger partial charge in [-0.3, -0.25) is 19.7 Å². The molecular formula is C30H33N5O4S. The molecule has 0 aliphatic carbocycles. The van der Waals surface area contributed by atoms with Crippen molar-refractivity contribution < 1.29 is 19.7 Å². The highest BCUT2D eigenvalue weighted by molar-refractivity contribution is 7.17. The van der Waals surface area contributed by atoms with Crippen LogP contribution in [0.5, 0.6) is 11.5 Å². The Balaban J connectivity index is 1.40. The first-order valence-corrected chi connectivity index (χ1v) is 14.4. The largest absolute Gasteiger partial charge is 0.506 e. The third kappa shape index (κ3) is 4.94. The second-order valence-corrected chi connectivity index (χ2v) is 11.5. The minimum absolute atomic E-state index is 0.00572. The van der Waals surface area contributed by atoms with Crippen LogP contribution in [-0.2, 0) is 17.9 Å². The van der Waals surface area contributed by atoms with Gasteiger partial charge in [0.15, 0.2) is 0 Å². The van der Waals surface area contributed by atoms with Gasteiger partial charge >= 0.3 is 5.97 Å². The Hall–Kier alpha value is -3.86. The van der Waals surface area contributed by atoms with Crippen molar-refractivity contribution in [1.29, 1.82) is 0 Å². The maximum absolute atomic E-state index is 12.1. The van der Waals surface area contributed by atoms with Crippen molar-refractivity contribution in [3.05, 3.63) is 75.9 Å². The van der Waals surface area contributed by atoms with Crippen LogP contribution in [0.25, 0.3) is 10.1 Å². The van der Waals surface area contributed by atoms with Crippen LogP contribution in [0.15, 0.2) is 48.0 Å². The number of hydrogen-bond acceptors (Lipinski definition) is 9. The second-order valence-electron chi connectivity index (χ2n) is 10.6. The summed E-state index contributed by atoms with van der Waals surface area (Å²) in [5, 5.41) is 25.0. The summed E-state index contributed by atoms with van der Waals surface area (Å²) in [5.74, 6) is -0.410. The van der Waals surface area contributed by atoms with E-state index in [2.05, 4.69) is 57.4 Å². The number of nitrogens with one attached hydrogen (secondary N) is 2. The van der Waals surface area contributed by atoms with Crippen LogP contribution in [0, 0.1) is 6.92 Å². The summed E-state index contributed by atoms with van der Waals surface area (Å²) < 4.78 is 7.41. The number of carboxylic acid groups (broad SMARTS) is 1. The molecule has 0 spiro atoms. The molecule has 2 atom stereocenters. The van der Waals surface area contributed by atoms with Crippen molar-refractivity contribution in [2.45, 2.75) is 51.8 Å². The van der Waals surface area contributed by atoms with Gasteiger partial charge < -0.3 is 20.4 Å². The lowest BCUT2D eigenvalue weighted by molar-refractivity contribution is -0.137.